The molecule has 0 radical (unpaired) electrons. The van der Waals surface area contributed by atoms with E-state index in [9.17, 15) is 10.1 Å². The molecule has 0 bridgehead atoms. The summed E-state index contributed by atoms with van der Waals surface area (Å²) in [6.07, 6.45) is 3.48. The maximum absolute atomic E-state index is 12.1. The van der Waals surface area contributed by atoms with Gasteiger partial charge >= 0.3 is 0 Å². The van der Waals surface area contributed by atoms with Crippen LogP contribution in [0.3, 0.4) is 0 Å². The molecule has 7 nitrogen and oxygen atoms in total. The van der Waals surface area contributed by atoms with Crippen molar-refractivity contribution < 1.29 is 13.7 Å². The first-order chi connectivity index (χ1) is 12.2. The van der Waals surface area contributed by atoms with Crippen LogP contribution in [0.1, 0.15) is 29.5 Å². The van der Waals surface area contributed by atoms with E-state index in [4.69, 9.17) is 8.94 Å². The van der Waals surface area contributed by atoms with E-state index in [0.717, 1.165) is 11.1 Å². The molecular formula is C18H16N4O3. The third-order valence-corrected chi connectivity index (χ3v) is 3.75. The van der Waals surface area contributed by atoms with Gasteiger partial charge in [0, 0.05) is 12.8 Å². The Bertz CT molecular complexity index is 893. The molecule has 0 saturated carbocycles. The van der Waals surface area contributed by atoms with Crippen LogP contribution in [0.5, 0.6) is 0 Å². The van der Waals surface area contributed by atoms with Crippen molar-refractivity contribution in [3.63, 3.8) is 0 Å². The Labute approximate surface area is 144 Å². The maximum Gasteiger partial charge on any atom is 0.227 e. The summed E-state index contributed by atoms with van der Waals surface area (Å²) in [6.45, 7) is 1.90. The highest BCUT2D eigenvalue weighted by Crippen LogP contribution is 2.18. The minimum absolute atomic E-state index is 0.150. The van der Waals surface area contributed by atoms with Crippen LogP contribution >= 0.6 is 0 Å². The Balaban J connectivity index is 1.58. The lowest BCUT2D eigenvalue weighted by atomic mass is 10.0. The fourth-order valence-corrected chi connectivity index (χ4v) is 2.41. The van der Waals surface area contributed by atoms with Crippen LogP contribution in [0, 0.1) is 18.3 Å². The fraction of sp³-hybridized carbons (Fsp3) is 0.222. The van der Waals surface area contributed by atoms with E-state index in [0.29, 0.717) is 23.7 Å². The lowest BCUT2D eigenvalue weighted by molar-refractivity contribution is -0.121. The van der Waals surface area contributed by atoms with Gasteiger partial charge in [-0.2, -0.15) is 10.2 Å². The van der Waals surface area contributed by atoms with E-state index in [2.05, 4.69) is 21.5 Å². The number of hydrogen-bond donors (Lipinski definition) is 1. The number of carbonyl (C=O) groups is 1. The minimum atomic E-state index is -0.683. The molecule has 2 aromatic heterocycles. The zero-order valence-electron chi connectivity index (χ0n) is 13.6. The zero-order valence-corrected chi connectivity index (χ0v) is 13.6. The smallest absolute Gasteiger partial charge is 0.227 e. The molecule has 1 aromatic carbocycles. The zero-order chi connectivity index (χ0) is 17.6. The van der Waals surface area contributed by atoms with Crippen LogP contribution in [0.15, 0.2) is 51.8 Å². The molecule has 25 heavy (non-hydrogen) atoms. The number of carbonyl (C=O) groups excluding carboxylic acids is 1. The molecule has 0 fully saturated rings. The van der Waals surface area contributed by atoms with Crippen molar-refractivity contribution in [1.29, 1.82) is 5.26 Å². The number of aromatic nitrogens is 2. The first-order valence-electron chi connectivity index (χ1n) is 7.77. The lowest BCUT2D eigenvalue weighted by Gasteiger charge is -2.13. The van der Waals surface area contributed by atoms with E-state index >= 15 is 0 Å². The molecule has 0 aliphatic heterocycles. The van der Waals surface area contributed by atoms with Crippen LogP contribution in [-0.2, 0) is 11.2 Å². The van der Waals surface area contributed by atoms with Gasteiger partial charge in [0.15, 0.2) is 0 Å². The van der Waals surface area contributed by atoms with E-state index < -0.39 is 6.04 Å². The molecule has 0 saturated heterocycles. The number of aryl methyl sites for hydroxylation is 2. The SMILES string of the molecule is Cc1ccccc1[C@@H](C#N)NC(=O)CCc1nc(-c2ccoc2)no1. The molecule has 1 amide bonds. The summed E-state index contributed by atoms with van der Waals surface area (Å²) in [5.74, 6) is 0.521. The number of nitrogens with zero attached hydrogens (tertiary/aromatic N) is 3. The maximum atomic E-state index is 12.1. The first kappa shape index (κ1) is 16.5. The molecular weight excluding hydrogens is 320 g/mol. The summed E-state index contributed by atoms with van der Waals surface area (Å²) in [6, 6.07) is 10.6. The van der Waals surface area contributed by atoms with Gasteiger partial charge in [-0.1, -0.05) is 29.4 Å². The van der Waals surface area contributed by atoms with Gasteiger partial charge in [0.1, 0.15) is 12.3 Å². The topological polar surface area (TPSA) is 105 Å². The Hall–Kier alpha value is -3.40. The van der Waals surface area contributed by atoms with Crippen molar-refractivity contribution in [2.45, 2.75) is 25.8 Å². The number of furan rings is 1. The van der Waals surface area contributed by atoms with Gasteiger partial charge in [-0.25, -0.2) is 0 Å². The highest BCUT2D eigenvalue weighted by atomic mass is 16.5. The normalized spacial score (nSPS) is 11.7. The predicted molar refractivity (Wildman–Crippen MR) is 88.0 cm³/mol. The first-order valence-corrected chi connectivity index (χ1v) is 7.77. The summed E-state index contributed by atoms with van der Waals surface area (Å²) < 4.78 is 10.1. The minimum Gasteiger partial charge on any atom is -0.472 e. The quantitative estimate of drug-likeness (QED) is 0.742. The van der Waals surface area contributed by atoms with Gasteiger partial charge in [-0.05, 0) is 24.1 Å². The molecule has 2 heterocycles. The highest BCUT2D eigenvalue weighted by Gasteiger charge is 2.17. The summed E-state index contributed by atoms with van der Waals surface area (Å²) in [5.41, 5.74) is 2.46. The second-order valence-corrected chi connectivity index (χ2v) is 5.51. The summed E-state index contributed by atoms with van der Waals surface area (Å²) in [5, 5.41) is 15.9. The number of hydrogen-bond acceptors (Lipinski definition) is 6. The predicted octanol–water partition coefficient (Wildman–Crippen LogP) is 2.95. The molecule has 0 spiro atoms. The molecule has 1 N–H and O–H groups in total. The highest BCUT2D eigenvalue weighted by molar-refractivity contribution is 5.77. The second kappa shape index (κ2) is 7.45. The fourth-order valence-electron chi connectivity index (χ4n) is 2.41. The number of rotatable bonds is 6. The van der Waals surface area contributed by atoms with Crippen molar-refractivity contribution >= 4 is 5.91 Å². The van der Waals surface area contributed by atoms with Gasteiger partial charge in [-0.3, -0.25) is 4.79 Å². The van der Waals surface area contributed by atoms with Crippen molar-refractivity contribution in [2.24, 2.45) is 0 Å². The van der Waals surface area contributed by atoms with Crippen LogP contribution in [0.25, 0.3) is 11.4 Å². The van der Waals surface area contributed by atoms with E-state index in [1.165, 1.54) is 12.5 Å². The lowest BCUT2D eigenvalue weighted by Crippen LogP contribution is -2.28. The van der Waals surface area contributed by atoms with Crippen molar-refractivity contribution in [1.82, 2.24) is 15.5 Å². The van der Waals surface area contributed by atoms with Gasteiger partial charge in [-0.15, -0.1) is 0 Å². The average molecular weight is 336 g/mol. The second-order valence-electron chi connectivity index (χ2n) is 5.51. The number of amides is 1. The van der Waals surface area contributed by atoms with Crippen LogP contribution in [0.4, 0.5) is 0 Å². The van der Waals surface area contributed by atoms with Crippen LogP contribution in [-0.4, -0.2) is 16.0 Å². The summed E-state index contributed by atoms with van der Waals surface area (Å²) >= 11 is 0. The van der Waals surface area contributed by atoms with Gasteiger partial charge in [0.25, 0.3) is 0 Å². The number of nitriles is 1. The molecule has 126 valence electrons. The monoisotopic (exact) mass is 336 g/mol. The molecule has 0 aliphatic rings. The molecule has 7 heteroatoms. The Morgan fingerprint density at radius 1 is 1.36 bits per heavy atom. The van der Waals surface area contributed by atoms with Crippen LogP contribution in [0.2, 0.25) is 0 Å². The Morgan fingerprint density at radius 3 is 2.92 bits per heavy atom. The molecule has 3 aromatic rings. The van der Waals surface area contributed by atoms with E-state index in [1.54, 1.807) is 6.07 Å². The van der Waals surface area contributed by atoms with Crippen molar-refractivity contribution in [2.75, 3.05) is 0 Å². The van der Waals surface area contributed by atoms with Crippen molar-refractivity contribution in [3.05, 3.63) is 59.9 Å². The van der Waals surface area contributed by atoms with Gasteiger partial charge in [0.05, 0.1) is 17.9 Å². The Kier molecular flexibility index (Phi) is 4.90. The average Bonchev–Trinajstić information content (AvgIpc) is 3.29. The summed E-state index contributed by atoms with van der Waals surface area (Å²) in [4.78, 5) is 16.4. The molecule has 3 rings (SSSR count). The number of nitrogens with one attached hydrogen (secondary N) is 1. The molecule has 0 aliphatic carbocycles. The third kappa shape index (κ3) is 3.93. The van der Waals surface area contributed by atoms with Crippen LogP contribution < -0.4 is 5.32 Å². The van der Waals surface area contributed by atoms with E-state index in [1.807, 2.05) is 31.2 Å². The molecule has 1 atom stereocenters. The van der Waals surface area contributed by atoms with E-state index in [-0.39, 0.29) is 12.3 Å². The van der Waals surface area contributed by atoms with Gasteiger partial charge < -0.3 is 14.3 Å². The van der Waals surface area contributed by atoms with Crippen molar-refractivity contribution in [3.8, 4) is 17.5 Å². The van der Waals surface area contributed by atoms with Gasteiger partial charge in [0.2, 0.25) is 17.6 Å². The largest absolute Gasteiger partial charge is 0.472 e. The third-order valence-electron chi connectivity index (χ3n) is 3.75. The standard InChI is InChI=1S/C18H16N4O3/c1-12-4-2-3-5-14(12)15(10-19)20-16(23)6-7-17-21-18(22-25-17)13-8-9-24-11-13/h2-5,8-9,11,15H,6-7H2,1H3,(H,20,23)/t15-/m1/s1. The number of benzene rings is 1. The Morgan fingerprint density at radius 2 is 2.20 bits per heavy atom. The summed E-state index contributed by atoms with van der Waals surface area (Å²) in [7, 11) is 0. The molecule has 0 unspecified atom stereocenters.